The Kier molecular flexibility index (Phi) is 45.8. The summed E-state index contributed by atoms with van der Waals surface area (Å²) in [7, 11) is 0. The zero-order valence-electron chi connectivity index (χ0n) is 46.6. The molecule has 1 aliphatic heterocycles. The third kappa shape index (κ3) is 39.0. The van der Waals surface area contributed by atoms with Gasteiger partial charge in [0.05, 0.1) is 12.3 Å². The van der Waals surface area contributed by atoms with E-state index in [1.165, 1.54) is 212 Å². The molecule has 1 aliphatic rings. The molecule has 0 aliphatic carbocycles. The van der Waals surface area contributed by atoms with Crippen LogP contribution >= 0.6 is 0 Å². The third-order valence-corrected chi connectivity index (χ3v) is 14.6. The summed E-state index contributed by atoms with van der Waals surface area (Å²) in [5.41, 5.74) is 0. The number of unbranched alkanes of at least 4 members (excludes halogenated alkanes) is 24. The highest BCUT2D eigenvalue weighted by Crippen LogP contribution is 2.16. The number of rotatable bonds is 50. The zero-order valence-corrected chi connectivity index (χ0v) is 46.6. The molecule has 0 spiro atoms. The van der Waals surface area contributed by atoms with Crippen LogP contribution in [0.3, 0.4) is 0 Å². The molecule has 67 heavy (non-hydrogen) atoms. The zero-order chi connectivity index (χ0) is 48.7. The van der Waals surface area contributed by atoms with Crippen LogP contribution < -0.4 is 0 Å². The fourth-order valence-corrected chi connectivity index (χ4v) is 9.97. The number of carbonyl (C=O) groups is 1. The average Bonchev–Trinajstić information content (AvgIpc) is 3.33. The lowest BCUT2D eigenvalue weighted by atomic mass is 10.1. The number of carbonyl (C=O) groups excluding carboxylic acids is 1. The number of ether oxygens (including phenoxy) is 1. The Morgan fingerprint density at radius 3 is 1.34 bits per heavy atom. The molecule has 396 valence electrons. The van der Waals surface area contributed by atoms with Gasteiger partial charge in [0.15, 0.2) is 0 Å². The van der Waals surface area contributed by atoms with Crippen LogP contribution in [0.1, 0.15) is 254 Å². The normalized spacial score (nSPS) is 14.5. The first-order valence-corrected chi connectivity index (χ1v) is 30.0. The first-order chi connectivity index (χ1) is 32.9. The summed E-state index contributed by atoms with van der Waals surface area (Å²) in [6.45, 7) is 31.4. The molecule has 0 aromatic heterocycles. The molecule has 1 unspecified atom stereocenters. The van der Waals surface area contributed by atoms with Gasteiger partial charge in [-0.1, -0.05) is 208 Å². The lowest BCUT2D eigenvalue weighted by Crippen LogP contribution is -2.52. The Morgan fingerprint density at radius 1 is 0.493 bits per heavy atom. The molecule has 0 aromatic rings. The molecule has 0 radical (unpaired) electrons. The quantitative estimate of drug-likeness (QED) is 0.0344. The van der Waals surface area contributed by atoms with Crippen LogP contribution in [0, 0.1) is 5.92 Å². The van der Waals surface area contributed by atoms with Crippen molar-refractivity contribution in [1.29, 1.82) is 0 Å². The molecule has 7 nitrogen and oxygen atoms in total. The largest absolute Gasteiger partial charge is 0.494 e. The van der Waals surface area contributed by atoms with Crippen LogP contribution in [-0.2, 0) is 9.53 Å². The van der Waals surface area contributed by atoms with E-state index in [0.717, 1.165) is 83.9 Å². The van der Waals surface area contributed by atoms with Crippen molar-refractivity contribution >= 4 is 5.91 Å². The lowest BCUT2D eigenvalue weighted by molar-refractivity contribution is -0.134. The van der Waals surface area contributed by atoms with Crippen LogP contribution in [0.25, 0.3) is 0 Å². The van der Waals surface area contributed by atoms with Crippen molar-refractivity contribution in [2.75, 3.05) is 98.2 Å². The number of amides is 1. The van der Waals surface area contributed by atoms with Gasteiger partial charge in [0.25, 0.3) is 0 Å². The van der Waals surface area contributed by atoms with E-state index in [4.69, 9.17) is 4.74 Å². The maximum atomic E-state index is 14.0. The van der Waals surface area contributed by atoms with E-state index in [-0.39, 0.29) is 0 Å². The van der Waals surface area contributed by atoms with Gasteiger partial charge in [-0.15, -0.1) is 0 Å². The second kappa shape index (κ2) is 48.2. The van der Waals surface area contributed by atoms with Gasteiger partial charge in [-0.05, 0) is 103 Å². The van der Waals surface area contributed by atoms with Gasteiger partial charge >= 0.3 is 0 Å². The first kappa shape index (κ1) is 63.6. The van der Waals surface area contributed by atoms with E-state index in [0.29, 0.717) is 25.0 Å². The average molecular weight is 943 g/mol. The summed E-state index contributed by atoms with van der Waals surface area (Å²) >= 11 is 0. The summed E-state index contributed by atoms with van der Waals surface area (Å²) in [6.07, 6.45) is 49.0. The van der Waals surface area contributed by atoms with E-state index in [2.05, 4.69) is 91.2 Å². The van der Waals surface area contributed by atoms with Gasteiger partial charge in [0.1, 0.15) is 6.61 Å². The van der Waals surface area contributed by atoms with E-state index in [9.17, 15) is 4.79 Å². The molecule has 1 heterocycles. The molecule has 0 N–H and O–H groups in total. The standard InChI is InChI=1S/C60H119N5O2/c1-8-14-19-23-27-31-35-43-61(47-40-41-59(13-6)67-55-39-18-12-5)48-42-58(7)56-64-51-53-65(54-52-64)60(66)57-63(46-38-34-30-26-22-17-11-4)50-49-62(44-36-32-28-24-20-15-9-2)45-37-33-29-25-21-16-10-3/h13,18,39,58H,8-12,14-17,19-38,40-57H2,1-7H3/b39-18-,59-13+. The summed E-state index contributed by atoms with van der Waals surface area (Å²) in [6, 6.07) is 0. The van der Waals surface area contributed by atoms with Crippen molar-refractivity contribution < 1.29 is 9.53 Å². The molecule has 0 saturated carbocycles. The highest BCUT2D eigenvalue weighted by Gasteiger charge is 2.24. The monoisotopic (exact) mass is 942 g/mol. The minimum Gasteiger partial charge on any atom is -0.494 e. The Hall–Kier alpha value is -1.41. The number of hydrogen-bond donors (Lipinski definition) is 0. The van der Waals surface area contributed by atoms with Crippen molar-refractivity contribution in [3.63, 3.8) is 0 Å². The third-order valence-electron chi connectivity index (χ3n) is 14.6. The van der Waals surface area contributed by atoms with E-state index < -0.39 is 0 Å². The highest BCUT2D eigenvalue weighted by atomic mass is 16.5. The van der Waals surface area contributed by atoms with Gasteiger partial charge in [-0.3, -0.25) is 14.6 Å². The molecule has 1 atom stereocenters. The SMILES string of the molecule is C/C=C(\CCCN(CCCCCCCCC)CCC(C)CN1CCN(C(=O)CN(CCCCCCCCC)CCN(CCCCCCCCC)CCCCCCCCC)CC1)OC/C=C\CC. The number of piperazine rings is 1. The molecule has 1 amide bonds. The van der Waals surface area contributed by atoms with Crippen molar-refractivity contribution in [3.8, 4) is 0 Å². The van der Waals surface area contributed by atoms with E-state index in [1.54, 1.807) is 0 Å². The number of allylic oxidation sites excluding steroid dienone is 3. The van der Waals surface area contributed by atoms with Crippen LogP contribution in [-0.4, -0.2) is 129 Å². The fourth-order valence-electron chi connectivity index (χ4n) is 9.97. The molecule has 0 bridgehead atoms. The van der Waals surface area contributed by atoms with Gasteiger partial charge in [0, 0.05) is 52.2 Å². The van der Waals surface area contributed by atoms with Gasteiger partial charge < -0.3 is 19.4 Å². The second-order valence-electron chi connectivity index (χ2n) is 21.1. The molecule has 1 rings (SSSR count). The van der Waals surface area contributed by atoms with Gasteiger partial charge in [-0.25, -0.2) is 0 Å². The fraction of sp³-hybridized carbons (Fsp3) is 0.917. The van der Waals surface area contributed by atoms with Crippen molar-refractivity contribution in [1.82, 2.24) is 24.5 Å². The van der Waals surface area contributed by atoms with Crippen molar-refractivity contribution in [3.05, 3.63) is 24.0 Å². The van der Waals surface area contributed by atoms with E-state index >= 15 is 0 Å². The molecular formula is C60H119N5O2. The molecular weight excluding hydrogens is 823 g/mol. The number of hydrogen-bond acceptors (Lipinski definition) is 6. The van der Waals surface area contributed by atoms with E-state index in [1.807, 2.05) is 0 Å². The Bertz CT molecular complexity index is 1090. The van der Waals surface area contributed by atoms with Gasteiger partial charge in [0.2, 0.25) is 5.91 Å². The van der Waals surface area contributed by atoms with Crippen molar-refractivity contribution in [2.24, 2.45) is 5.92 Å². The molecule has 7 heteroatoms. The maximum Gasteiger partial charge on any atom is 0.236 e. The molecule has 1 saturated heterocycles. The summed E-state index contributed by atoms with van der Waals surface area (Å²) in [5.74, 6) is 2.16. The smallest absolute Gasteiger partial charge is 0.236 e. The molecule has 0 aromatic carbocycles. The minimum atomic E-state index is 0.367. The molecule has 1 fully saturated rings. The maximum absolute atomic E-state index is 14.0. The highest BCUT2D eigenvalue weighted by molar-refractivity contribution is 5.78. The Balaban J connectivity index is 2.74. The topological polar surface area (TPSA) is 42.5 Å². The van der Waals surface area contributed by atoms with Crippen LogP contribution in [0.2, 0.25) is 0 Å². The summed E-state index contributed by atoms with van der Waals surface area (Å²) in [5, 5.41) is 0. The predicted octanol–water partition coefficient (Wildman–Crippen LogP) is 15.7. The number of nitrogens with zero attached hydrogens (tertiary/aromatic N) is 5. The Labute approximate surface area is 420 Å². The predicted molar refractivity (Wildman–Crippen MR) is 296 cm³/mol. The van der Waals surface area contributed by atoms with Gasteiger partial charge in [-0.2, -0.15) is 0 Å². The summed E-state index contributed by atoms with van der Waals surface area (Å²) in [4.78, 5) is 27.0. The van der Waals surface area contributed by atoms with Crippen LogP contribution in [0.5, 0.6) is 0 Å². The Morgan fingerprint density at radius 2 is 0.896 bits per heavy atom. The summed E-state index contributed by atoms with van der Waals surface area (Å²) < 4.78 is 6.07. The van der Waals surface area contributed by atoms with Crippen LogP contribution in [0.15, 0.2) is 24.0 Å². The van der Waals surface area contributed by atoms with Crippen LogP contribution in [0.4, 0.5) is 0 Å². The second-order valence-corrected chi connectivity index (χ2v) is 21.1. The lowest BCUT2D eigenvalue weighted by Gasteiger charge is -2.37. The van der Waals surface area contributed by atoms with Crippen molar-refractivity contribution in [2.45, 2.75) is 254 Å². The minimum absolute atomic E-state index is 0.367. The first-order valence-electron chi connectivity index (χ1n) is 30.0.